The molecule has 3 amide bonds. The minimum absolute atomic E-state index is 0.0960. The van der Waals surface area contributed by atoms with E-state index in [0.717, 1.165) is 5.56 Å². The van der Waals surface area contributed by atoms with E-state index in [0.29, 0.717) is 24.5 Å². The molecule has 0 aliphatic rings. The molecule has 0 unspecified atom stereocenters. The summed E-state index contributed by atoms with van der Waals surface area (Å²) in [6.07, 6.45) is 3.56. The van der Waals surface area contributed by atoms with E-state index in [1.54, 1.807) is 41.6 Å². The van der Waals surface area contributed by atoms with Gasteiger partial charge in [0.05, 0.1) is 0 Å². The van der Waals surface area contributed by atoms with Crippen molar-refractivity contribution in [2.75, 3.05) is 17.2 Å². The van der Waals surface area contributed by atoms with Crippen molar-refractivity contribution in [3.63, 3.8) is 0 Å². The number of pyridine rings is 1. The van der Waals surface area contributed by atoms with E-state index in [1.807, 2.05) is 12.1 Å². The van der Waals surface area contributed by atoms with Gasteiger partial charge in [0.1, 0.15) is 0 Å². The van der Waals surface area contributed by atoms with Crippen LogP contribution in [0.1, 0.15) is 25.8 Å². The molecule has 2 N–H and O–H groups in total. The van der Waals surface area contributed by atoms with Crippen LogP contribution in [-0.2, 0) is 20.9 Å². The zero-order chi connectivity index (χ0) is 18.9. The van der Waals surface area contributed by atoms with Gasteiger partial charge in [-0.25, -0.2) is 0 Å². The highest BCUT2D eigenvalue weighted by Gasteiger charge is 2.12. The van der Waals surface area contributed by atoms with Crippen LogP contribution in [0.2, 0.25) is 0 Å². The Balaban J connectivity index is 1.85. The Kier molecular flexibility index (Phi) is 6.84. The number of amides is 3. The van der Waals surface area contributed by atoms with E-state index in [1.165, 1.54) is 13.8 Å². The fraction of sp³-hybridized carbons (Fsp3) is 0.263. The smallest absolute Gasteiger partial charge is 0.226 e. The van der Waals surface area contributed by atoms with Gasteiger partial charge in [0, 0.05) is 57.1 Å². The summed E-state index contributed by atoms with van der Waals surface area (Å²) >= 11 is 0. The monoisotopic (exact) mass is 354 g/mol. The summed E-state index contributed by atoms with van der Waals surface area (Å²) in [5, 5.41) is 5.44. The number of aromatic nitrogens is 1. The number of anilines is 2. The molecule has 2 aromatic rings. The van der Waals surface area contributed by atoms with E-state index in [4.69, 9.17) is 0 Å². The molecule has 0 radical (unpaired) electrons. The molecule has 0 saturated carbocycles. The highest BCUT2D eigenvalue weighted by Crippen LogP contribution is 2.14. The lowest BCUT2D eigenvalue weighted by atomic mass is 10.2. The molecule has 7 heteroatoms. The van der Waals surface area contributed by atoms with Gasteiger partial charge in [-0.3, -0.25) is 19.4 Å². The van der Waals surface area contributed by atoms with Crippen LogP contribution >= 0.6 is 0 Å². The second-order valence-corrected chi connectivity index (χ2v) is 5.86. The van der Waals surface area contributed by atoms with Gasteiger partial charge in [-0.1, -0.05) is 6.07 Å². The molecule has 1 aromatic heterocycles. The van der Waals surface area contributed by atoms with E-state index in [-0.39, 0.29) is 24.1 Å². The molecule has 7 nitrogen and oxygen atoms in total. The topological polar surface area (TPSA) is 91.4 Å². The Morgan fingerprint density at radius 2 is 1.65 bits per heavy atom. The number of hydrogen-bond donors (Lipinski definition) is 2. The SMILES string of the molecule is CC(=O)Nc1ccc(NC(=O)CCN(Cc2cccnc2)C(C)=O)cc1. The Morgan fingerprint density at radius 3 is 2.19 bits per heavy atom. The van der Waals surface area contributed by atoms with Gasteiger partial charge in [0.25, 0.3) is 0 Å². The van der Waals surface area contributed by atoms with Gasteiger partial charge >= 0.3 is 0 Å². The van der Waals surface area contributed by atoms with Crippen LogP contribution in [0.5, 0.6) is 0 Å². The van der Waals surface area contributed by atoms with Crippen molar-refractivity contribution in [3.05, 3.63) is 54.4 Å². The highest BCUT2D eigenvalue weighted by molar-refractivity contribution is 5.92. The number of carbonyl (C=O) groups is 3. The van der Waals surface area contributed by atoms with Crippen molar-refractivity contribution in [2.45, 2.75) is 26.8 Å². The van der Waals surface area contributed by atoms with Crippen LogP contribution in [-0.4, -0.2) is 34.2 Å². The van der Waals surface area contributed by atoms with Crippen LogP contribution in [0.3, 0.4) is 0 Å². The quantitative estimate of drug-likeness (QED) is 0.799. The van der Waals surface area contributed by atoms with Crippen LogP contribution in [0.4, 0.5) is 11.4 Å². The fourth-order valence-electron chi connectivity index (χ4n) is 2.36. The zero-order valence-electron chi connectivity index (χ0n) is 14.9. The summed E-state index contributed by atoms with van der Waals surface area (Å²) in [5.41, 5.74) is 2.21. The normalized spacial score (nSPS) is 10.1. The van der Waals surface area contributed by atoms with Gasteiger partial charge in [-0.2, -0.15) is 0 Å². The maximum atomic E-state index is 12.1. The molecule has 0 fully saturated rings. The molecule has 0 atom stereocenters. The van der Waals surface area contributed by atoms with Gasteiger partial charge in [-0.05, 0) is 35.9 Å². The van der Waals surface area contributed by atoms with Crippen molar-refractivity contribution < 1.29 is 14.4 Å². The molecule has 0 bridgehead atoms. The van der Waals surface area contributed by atoms with Crippen molar-refractivity contribution >= 4 is 29.1 Å². The summed E-state index contributed by atoms with van der Waals surface area (Å²) in [7, 11) is 0. The fourth-order valence-corrected chi connectivity index (χ4v) is 2.36. The zero-order valence-corrected chi connectivity index (χ0v) is 14.9. The van der Waals surface area contributed by atoms with Crippen LogP contribution in [0.15, 0.2) is 48.8 Å². The van der Waals surface area contributed by atoms with Crippen molar-refractivity contribution in [1.29, 1.82) is 0 Å². The van der Waals surface area contributed by atoms with E-state index in [2.05, 4.69) is 15.6 Å². The molecule has 26 heavy (non-hydrogen) atoms. The molecule has 0 saturated heterocycles. The summed E-state index contributed by atoms with van der Waals surface area (Å²) < 4.78 is 0. The minimum atomic E-state index is -0.185. The molecule has 2 rings (SSSR count). The lowest BCUT2D eigenvalue weighted by Gasteiger charge is -2.20. The number of rotatable bonds is 7. The summed E-state index contributed by atoms with van der Waals surface area (Å²) in [6, 6.07) is 10.5. The molecular weight excluding hydrogens is 332 g/mol. The minimum Gasteiger partial charge on any atom is -0.338 e. The van der Waals surface area contributed by atoms with Gasteiger partial charge in [-0.15, -0.1) is 0 Å². The third-order valence-electron chi connectivity index (χ3n) is 3.64. The summed E-state index contributed by atoms with van der Waals surface area (Å²) in [6.45, 7) is 3.65. The highest BCUT2D eigenvalue weighted by atomic mass is 16.2. The first-order valence-corrected chi connectivity index (χ1v) is 8.26. The maximum Gasteiger partial charge on any atom is 0.226 e. The number of nitrogens with zero attached hydrogens (tertiary/aromatic N) is 2. The molecule has 0 aliphatic carbocycles. The maximum absolute atomic E-state index is 12.1. The number of carbonyl (C=O) groups excluding carboxylic acids is 3. The molecular formula is C19H22N4O3. The predicted molar refractivity (Wildman–Crippen MR) is 99.3 cm³/mol. The summed E-state index contributed by atoms with van der Waals surface area (Å²) in [5.74, 6) is -0.434. The van der Waals surface area contributed by atoms with Crippen molar-refractivity contribution in [1.82, 2.24) is 9.88 Å². The second-order valence-electron chi connectivity index (χ2n) is 5.86. The number of benzene rings is 1. The van der Waals surface area contributed by atoms with Gasteiger partial charge in [0.15, 0.2) is 0 Å². The van der Waals surface area contributed by atoms with Gasteiger partial charge < -0.3 is 15.5 Å². The molecule has 1 heterocycles. The van der Waals surface area contributed by atoms with E-state index in [9.17, 15) is 14.4 Å². The number of nitrogens with one attached hydrogen (secondary N) is 2. The first-order chi connectivity index (χ1) is 12.4. The Hall–Kier alpha value is -3.22. The molecule has 1 aromatic carbocycles. The van der Waals surface area contributed by atoms with Crippen LogP contribution in [0.25, 0.3) is 0 Å². The first kappa shape index (κ1) is 19.1. The van der Waals surface area contributed by atoms with Crippen LogP contribution in [0, 0.1) is 0 Å². The van der Waals surface area contributed by atoms with Crippen LogP contribution < -0.4 is 10.6 Å². The molecule has 136 valence electrons. The van der Waals surface area contributed by atoms with E-state index < -0.39 is 0 Å². The van der Waals surface area contributed by atoms with Crippen molar-refractivity contribution in [3.8, 4) is 0 Å². The largest absolute Gasteiger partial charge is 0.338 e. The number of hydrogen-bond acceptors (Lipinski definition) is 4. The first-order valence-electron chi connectivity index (χ1n) is 8.26. The average Bonchev–Trinajstić information content (AvgIpc) is 2.60. The molecule has 0 aliphatic heterocycles. The standard InChI is InChI=1S/C19H22N4O3/c1-14(24)21-17-5-7-18(8-6-17)22-19(26)9-11-23(15(2)25)13-16-4-3-10-20-12-16/h3-8,10,12H,9,11,13H2,1-2H3,(H,21,24)(H,22,26). The third-order valence-corrected chi connectivity index (χ3v) is 3.64. The van der Waals surface area contributed by atoms with Crippen molar-refractivity contribution in [2.24, 2.45) is 0 Å². The second kappa shape index (κ2) is 9.31. The average molecular weight is 354 g/mol. The lowest BCUT2D eigenvalue weighted by Crippen LogP contribution is -2.31. The Bertz CT molecular complexity index is 760. The third kappa shape index (κ3) is 6.35. The van der Waals surface area contributed by atoms with Gasteiger partial charge in [0.2, 0.25) is 17.7 Å². The molecule has 0 spiro atoms. The van der Waals surface area contributed by atoms with E-state index >= 15 is 0 Å². The predicted octanol–water partition coefficient (Wildman–Crippen LogP) is 2.42. The Labute approximate surface area is 152 Å². The lowest BCUT2D eigenvalue weighted by molar-refractivity contribution is -0.130. The summed E-state index contributed by atoms with van der Waals surface area (Å²) in [4.78, 5) is 40.5. The Morgan fingerprint density at radius 1 is 1.00 bits per heavy atom.